The van der Waals surface area contributed by atoms with Gasteiger partial charge in [-0.2, -0.15) is 0 Å². The van der Waals surface area contributed by atoms with Gasteiger partial charge in [-0.1, -0.05) is 36.4 Å². The summed E-state index contributed by atoms with van der Waals surface area (Å²) in [7, 11) is -4.02. The molecule has 0 spiro atoms. The molecule has 8 heteroatoms. The van der Waals surface area contributed by atoms with Gasteiger partial charge in [0.2, 0.25) is 5.91 Å². The zero-order valence-electron chi connectivity index (χ0n) is 14.5. The zero-order valence-corrected chi connectivity index (χ0v) is 15.4. The van der Waals surface area contributed by atoms with Gasteiger partial charge in [0.25, 0.3) is 10.0 Å². The lowest BCUT2D eigenvalue weighted by molar-refractivity contribution is -0.114. The van der Waals surface area contributed by atoms with Crippen LogP contribution in [0.5, 0.6) is 0 Å². The third-order valence-corrected chi connectivity index (χ3v) is 5.65. The van der Waals surface area contributed by atoms with E-state index >= 15 is 0 Å². The number of para-hydroxylation sites is 1. The summed E-state index contributed by atoms with van der Waals surface area (Å²) in [4.78, 5) is 12.5. The Bertz CT molecular complexity index is 1080. The number of carbonyl (C=O) groups excluding carboxylic acids is 1. The van der Waals surface area contributed by atoms with Crippen LogP contribution in [-0.4, -0.2) is 20.9 Å². The van der Waals surface area contributed by atoms with E-state index in [2.05, 4.69) is 5.32 Å². The number of halogens is 2. The van der Waals surface area contributed by atoms with Crippen molar-refractivity contribution in [1.82, 2.24) is 0 Å². The average molecular weight is 402 g/mol. The number of hydrogen-bond donors (Lipinski definition) is 1. The van der Waals surface area contributed by atoms with Crippen molar-refractivity contribution in [2.45, 2.75) is 4.90 Å². The van der Waals surface area contributed by atoms with Crippen molar-refractivity contribution in [3.8, 4) is 0 Å². The molecule has 1 N–H and O–H groups in total. The molecule has 0 aromatic heterocycles. The molecule has 0 heterocycles. The molecular formula is C20H16F2N2O3S. The van der Waals surface area contributed by atoms with E-state index in [1.807, 2.05) is 0 Å². The van der Waals surface area contributed by atoms with E-state index in [4.69, 9.17) is 0 Å². The number of carbonyl (C=O) groups is 1. The molecule has 0 aliphatic heterocycles. The normalized spacial score (nSPS) is 11.1. The topological polar surface area (TPSA) is 66.5 Å². The predicted molar refractivity (Wildman–Crippen MR) is 102 cm³/mol. The fourth-order valence-corrected chi connectivity index (χ4v) is 3.98. The van der Waals surface area contributed by atoms with Crippen molar-refractivity contribution >= 4 is 27.3 Å². The highest BCUT2D eigenvalue weighted by Crippen LogP contribution is 2.23. The number of amides is 1. The summed E-state index contributed by atoms with van der Waals surface area (Å²) in [5.74, 6) is -2.86. The van der Waals surface area contributed by atoms with Crippen molar-refractivity contribution in [2.75, 3.05) is 16.2 Å². The van der Waals surface area contributed by atoms with Gasteiger partial charge in [-0.3, -0.25) is 9.10 Å². The molecule has 0 saturated carbocycles. The number of anilines is 2. The first-order valence-electron chi connectivity index (χ1n) is 8.25. The number of nitrogens with one attached hydrogen (secondary N) is 1. The molecule has 0 aliphatic rings. The molecule has 3 aromatic carbocycles. The van der Waals surface area contributed by atoms with E-state index in [9.17, 15) is 22.0 Å². The largest absolute Gasteiger partial charge is 0.324 e. The maximum Gasteiger partial charge on any atom is 0.264 e. The minimum absolute atomic E-state index is 0.0222. The highest BCUT2D eigenvalue weighted by molar-refractivity contribution is 7.92. The van der Waals surface area contributed by atoms with Crippen molar-refractivity contribution in [3.63, 3.8) is 0 Å². The zero-order chi connectivity index (χ0) is 20.1. The Morgan fingerprint density at radius 2 is 1.46 bits per heavy atom. The van der Waals surface area contributed by atoms with Crippen LogP contribution in [-0.2, 0) is 14.8 Å². The van der Waals surface area contributed by atoms with Gasteiger partial charge in [0.05, 0.1) is 10.6 Å². The Kier molecular flexibility index (Phi) is 5.70. The van der Waals surface area contributed by atoms with Gasteiger partial charge in [0.15, 0.2) is 11.6 Å². The first kappa shape index (κ1) is 19.5. The number of hydrogen-bond acceptors (Lipinski definition) is 3. The van der Waals surface area contributed by atoms with Gasteiger partial charge in [-0.05, 0) is 36.4 Å². The lowest BCUT2D eigenvalue weighted by Crippen LogP contribution is -2.38. The van der Waals surface area contributed by atoms with E-state index in [-0.39, 0.29) is 10.6 Å². The number of rotatable bonds is 6. The Morgan fingerprint density at radius 3 is 2.07 bits per heavy atom. The molecule has 0 saturated heterocycles. The van der Waals surface area contributed by atoms with Crippen LogP contribution in [0.15, 0.2) is 83.8 Å². The van der Waals surface area contributed by atoms with Gasteiger partial charge >= 0.3 is 0 Å². The highest BCUT2D eigenvalue weighted by Gasteiger charge is 2.27. The molecule has 0 aliphatic carbocycles. The SMILES string of the molecule is O=C(CN(c1ccccc1)S(=O)(=O)c1ccccc1)Nc1ccc(F)c(F)c1. The van der Waals surface area contributed by atoms with Crippen molar-refractivity contribution < 1.29 is 22.0 Å². The van der Waals surface area contributed by atoms with Crippen LogP contribution < -0.4 is 9.62 Å². The quantitative estimate of drug-likeness (QED) is 0.682. The summed E-state index contributed by atoms with van der Waals surface area (Å²) < 4.78 is 53.4. The first-order valence-corrected chi connectivity index (χ1v) is 9.69. The average Bonchev–Trinajstić information content (AvgIpc) is 2.70. The predicted octanol–water partition coefficient (Wildman–Crippen LogP) is 3.80. The number of sulfonamides is 1. The Hall–Kier alpha value is -3.26. The molecule has 0 unspecified atom stereocenters. The fourth-order valence-electron chi connectivity index (χ4n) is 2.53. The third kappa shape index (κ3) is 4.34. The summed E-state index contributed by atoms with van der Waals surface area (Å²) in [5, 5.41) is 2.38. The van der Waals surface area contributed by atoms with E-state index in [0.29, 0.717) is 5.69 Å². The third-order valence-electron chi connectivity index (χ3n) is 3.87. The minimum Gasteiger partial charge on any atom is -0.324 e. The van der Waals surface area contributed by atoms with Crippen LogP contribution in [0.1, 0.15) is 0 Å². The molecular weight excluding hydrogens is 386 g/mol. The second-order valence-electron chi connectivity index (χ2n) is 5.84. The molecule has 1 amide bonds. The lowest BCUT2D eigenvalue weighted by atomic mass is 10.3. The van der Waals surface area contributed by atoms with E-state index < -0.39 is 34.1 Å². The van der Waals surface area contributed by atoms with Crippen LogP contribution in [0, 0.1) is 11.6 Å². The number of nitrogens with zero attached hydrogens (tertiary/aromatic N) is 1. The molecule has 0 atom stereocenters. The molecule has 3 aromatic rings. The smallest absolute Gasteiger partial charge is 0.264 e. The van der Waals surface area contributed by atoms with Crippen molar-refractivity contribution in [2.24, 2.45) is 0 Å². The van der Waals surface area contributed by atoms with Gasteiger partial charge in [0, 0.05) is 11.8 Å². The van der Waals surface area contributed by atoms with Gasteiger partial charge in [-0.25, -0.2) is 17.2 Å². The maximum atomic E-state index is 13.3. The van der Waals surface area contributed by atoms with Crippen molar-refractivity contribution in [3.05, 3.63) is 90.5 Å². The van der Waals surface area contributed by atoms with Crippen LogP contribution in [0.25, 0.3) is 0 Å². The fraction of sp³-hybridized carbons (Fsp3) is 0.0500. The second kappa shape index (κ2) is 8.18. The Labute approximate surface area is 161 Å². The van der Waals surface area contributed by atoms with E-state index in [0.717, 1.165) is 16.4 Å². The first-order chi connectivity index (χ1) is 13.4. The summed E-state index contributed by atoms with van der Waals surface area (Å²) >= 11 is 0. The van der Waals surface area contributed by atoms with E-state index in [1.54, 1.807) is 48.5 Å². The summed E-state index contributed by atoms with van der Waals surface area (Å²) in [6.45, 7) is -0.541. The summed E-state index contributed by atoms with van der Waals surface area (Å²) in [5.41, 5.74) is 0.320. The van der Waals surface area contributed by atoms with Crippen molar-refractivity contribution in [1.29, 1.82) is 0 Å². The molecule has 144 valence electrons. The van der Waals surface area contributed by atoms with Crippen LogP contribution in [0.3, 0.4) is 0 Å². The van der Waals surface area contributed by atoms with Gasteiger partial charge in [0.1, 0.15) is 6.54 Å². The Balaban J connectivity index is 1.90. The maximum absolute atomic E-state index is 13.3. The number of benzene rings is 3. The molecule has 0 fully saturated rings. The monoisotopic (exact) mass is 402 g/mol. The van der Waals surface area contributed by atoms with E-state index in [1.165, 1.54) is 18.2 Å². The molecule has 5 nitrogen and oxygen atoms in total. The minimum atomic E-state index is -4.02. The standard InChI is InChI=1S/C20H16F2N2O3S/c21-18-12-11-15(13-19(18)22)23-20(25)14-24(16-7-3-1-4-8-16)28(26,27)17-9-5-2-6-10-17/h1-13H,14H2,(H,23,25). The van der Waals surface area contributed by atoms with Crippen LogP contribution in [0.2, 0.25) is 0 Å². The summed E-state index contributed by atoms with van der Waals surface area (Å²) in [6.07, 6.45) is 0. The molecule has 0 bridgehead atoms. The molecule has 3 rings (SSSR count). The van der Waals surface area contributed by atoms with Crippen LogP contribution >= 0.6 is 0 Å². The Morgan fingerprint density at radius 1 is 0.857 bits per heavy atom. The highest BCUT2D eigenvalue weighted by atomic mass is 32.2. The van der Waals surface area contributed by atoms with Gasteiger partial charge < -0.3 is 5.32 Å². The molecule has 28 heavy (non-hydrogen) atoms. The van der Waals surface area contributed by atoms with Gasteiger partial charge in [-0.15, -0.1) is 0 Å². The second-order valence-corrected chi connectivity index (χ2v) is 7.70. The van der Waals surface area contributed by atoms with Crippen LogP contribution in [0.4, 0.5) is 20.2 Å². The lowest BCUT2D eigenvalue weighted by Gasteiger charge is -2.24. The molecule has 0 radical (unpaired) electrons. The summed E-state index contributed by atoms with van der Waals surface area (Å²) in [6, 6.07) is 18.7.